The monoisotopic (exact) mass is 319 g/mol. The van der Waals surface area contributed by atoms with Crippen molar-refractivity contribution in [3.63, 3.8) is 0 Å². The van der Waals surface area contributed by atoms with Gasteiger partial charge in [0.15, 0.2) is 0 Å². The van der Waals surface area contributed by atoms with Gasteiger partial charge in [-0.25, -0.2) is 0 Å². The lowest BCUT2D eigenvalue weighted by Crippen LogP contribution is -2.26. The first-order valence-corrected chi connectivity index (χ1v) is 7.80. The zero-order valence-electron chi connectivity index (χ0n) is 13.2. The molecule has 2 rings (SSSR count). The largest absolute Gasteiger partial charge is 0.352 e. The van der Waals surface area contributed by atoms with Gasteiger partial charge in [-0.2, -0.15) is 0 Å². The molecule has 0 bridgehead atoms. The molecule has 0 aliphatic carbocycles. The molecule has 1 aromatic carbocycles. The van der Waals surface area contributed by atoms with E-state index in [1.807, 2.05) is 55.8 Å². The maximum atomic E-state index is 12.3. The summed E-state index contributed by atoms with van der Waals surface area (Å²) in [4.78, 5) is 12.3. The van der Waals surface area contributed by atoms with E-state index in [1.54, 1.807) is 0 Å². The van der Waals surface area contributed by atoms with Gasteiger partial charge in [-0.1, -0.05) is 17.7 Å². The van der Waals surface area contributed by atoms with Crippen LogP contribution < -0.4 is 10.6 Å². The SMILES string of the molecule is CNCCCNC(=O)c1cc(C)n(-c2cccc(Cl)c2)c1C. The minimum atomic E-state index is -0.0301. The van der Waals surface area contributed by atoms with E-state index < -0.39 is 0 Å². The van der Waals surface area contributed by atoms with E-state index in [9.17, 15) is 4.79 Å². The van der Waals surface area contributed by atoms with Gasteiger partial charge in [-0.15, -0.1) is 0 Å². The second-order valence-electron chi connectivity index (χ2n) is 5.31. The molecule has 0 aliphatic heterocycles. The Bertz CT molecular complexity index is 664. The Hall–Kier alpha value is -1.78. The number of nitrogens with zero attached hydrogens (tertiary/aromatic N) is 1. The predicted molar refractivity (Wildman–Crippen MR) is 91.1 cm³/mol. The van der Waals surface area contributed by atoms with Crippen molar-refractivity contribution in [1.29, 1.82) is 0 Å². The fraction of sp³-hybridized carbons (Fsp3) is 0.353. The Morgan fingerprint density at radius 1 is 1.23 bits per heavy atom. The van der Waals surface area contributed by atoms with Crippen LogP contribution in [0.25, 0.3) is 5.69 Å². The summed E-state index contributed by atoms with van der Waals surface area (Å²) in [5.41, 5.74) is 3.62. The van der Waals surface area contributed by atoms with E-state index in [1.165, 1.54) is 0 Å². The lowest BCUT2D eigenvalue weighted by atomic mass is 10.2. The normalized spacial score (nSPS) is 10.7. The number of halogens is 1. The van der Waals surface area contributed by atoms with E-state index in [0.717, 1.165) is 30.0 Å². The molecule has 118 valence electrons. The topological polar surface area (TPSA) is 46.1 Å². The zero-order valence-corrected chi connectivity index (χ0v) is 14.0. The number of rotatable bonds is 6. The van der Waals surface area contributed by atoms with Gasteiger partial charge in [-0.05, 0) is 58.1 Å². The van der Waals surface area contributed by atoms with Crippen molar-refractivity contribution >= 4 is 17.5 Å². The van der Waals surface area contributed by atoms with Crippen LogP contribution in [0.2, 0.25) is 5.02 Å². The van der Waals surface area contributed by atoms with Crippen LogP contribution in [0.15, 0.2) is 30.3 Å². The van der Waals surface area contributed by atoms with Gasteiger partial charge in [0.2, 0.25) is 0 Å². The second-order valence-corrected chi connectivity index (χ2v) is 5.75. The third kappa shape index (κ3) is 3.70. The van der Waals surface area contributed by atoms with Crippen LogP contribution >= 0.6 is 11.6 Å². The van der Waals surface area contributed by atoms with Crippen molar-refractivity contribution < 1.29 is 4.79 Å². The molecule has 0 aliphatic rings. The minimum absolute atomic E-state index is 0.0301. The molecule has 0 radical (unpaired) electrons. The van der Waals surface area contributed by atoms with E-state index in [-0.39, 0.29) is 5.91 Å². The number of aryl methyl sites for hydroxylation is 1. The number of nitrogens with one attached hydrogen (secondary N) is 2. The summed E-state index contributed by atoms with van der Waals surface area (Å²) in [7, 11) is 1.90. The van der Waals surface area contributed by atoms with Gasteiger partial charge in [0.1, 0.15) is 0 Å². The molecule has 0 spiro atoms. The molecule has 5 heteroatoms. The van der Waals surface area contributed by atoms with Gasteiger partial charge in [0.05, 0.1) is 5.56 Å². The summed E-state index contributed by atoms with van der Waals surface area (Å²) >= 11 is 6.07. The van der Waals surface area contributed by atoms with Gasteiger partial charge in [0, 0.05) is 28.6 Å². The average molecular weight is 320 g/mol. The van der Waals surface area contributed by atoms with Crippen LogP contribution in [0, 0.1) is 13.8 Å². The van der Waals surface area contributed by atoms with E-state index in [4.69, 9.17) is 11.6 Å². The number of carbonyl (C=O) groups excluding carboxylic acids is 1. The lowest BCUT2D eigenvalue weighted by molar-refractivity contribution is 0.0952. The maximum absolute atomic E-state index is 12.3. The molecule has 0 saturated heterocycles. The van der Waals surface area contributed by atoms with Crippen LogP contribution in [0.4, 0.5) is 0 Å². The lowest BCUT2D eigenvalue weighted by Gasteiger charge is -2.10. The first-order valence-electron chi connectivity index (χ1n) is 7.42. The van der Waals surface area contributed by atoms with Crippen LogP contribution in [0.1, 0.15) is 28.2 Å². The number of aromatic nitrogens is 1. The Balaban J connectivity index is 2.22. The highest BCUT2D eigenvalue weighted by atomic mass is 35.5. The van der Waals surface area contributed by atoms with Gasteiger partial charge in [0.25, 0.3) is 5.91 Å². The summed E-state index contributed by atoms with van der Waals surface area (Å²) in [6.07, 6.45) is 0.912. The van der Waals surface area contributed by atoms with Gasteiger partial charge >= 0.3 is 0 Å². The van der Waals surface area contributed by atoms with Crippen molar-refractivity contribution in [2.75, 3.05) is 20.1 Å². The maximum Gasteiger partial charge on any atom is 0.253 e. The minimum Gasteiger partial charge on any atom is -0.352 e. The molecule has 4 nitrogen and oxygen atoms in total. The highest BCUT2D eigenvalue weighted by Gasteiger charge is 2.16. The molecule has 0 fully saturated rings. The van der Waals surface area contributed by atoms with Crippen molar-refractivity contribution in [2.45, 2.75) is 20.3 Å². The number of hydrogen-bond acceptors (Lipinski definition) is 2. The van der Waals surface area contributed by atoms with Crippen molar-refractivity contribution in [3.8, 4) is 5.69 Å². The summed E-state index contributed by atoms with van der Waals surface area (Å²) in [6.45, 7) is 5.50. The number of benzene rings is 1. The highest BCUT2D eigenvalue weighted by molar-refractivity contribution is 6.30. The number of amides is 1. The third-order valence-corrected chi connectivity index (χ3v) is 3.87. The molecular weight excluding hydrogens is 298 g/mol. The summed E-state index contributed by atoms with van der Waals surface area (Å²) in [5, 5.41) is 6.71. The first kappa shape index (κ1) is 16.6. The molecule has 0 atom stereocenters. The zero-order chi connectivity index (χ0) is 16.1. The molecular formula is C17H22ClN3O. The van der Waals surface area contributed by atoms with Crippen LogP contribution in [-0.4, -0.2) is 30.6 Å². The fourth-order valence-corrected chi connectivity index (χ4v) is 2.75. The number of hydrogen-bond donors (Lipinski definition) is 2. The van der Waals surface area contributed by atoms with E-state index in [2.05, 4.69) is 10.6 Å². The van der Waals surface area contributed by atoms with Gasteiger partial charge < -0.3 is 15.2 Å². The smallest absolute Gasteiger partial charge is 0.253 e. The van der Waals surface area contributed by atoms with Gasteiger partial charge in [-0.3, -0.25) is 4.79 Å². The highest BCUT2D eigenvalue weighted by Crippen LogP contribution is 2.22. The molecule has 1 amide bonds. The fourth-order valence-electron chi connectivity index (χ4n) is 2.57. The van der Waals surface area contributed by atoms with Crippen molar-refractivity contribution in [1.82, 2.24) is 15.2 Å². The molecule has 1 aromatic heterocycles. The quantitative estimate of drug-likeness (QED) is 0.804. The van der Waals surface area contributed by atoms with Crippen LogP contribution in [0.5, 0.6) is 0 Å². The summed E-state index contributed by atoms with van der Waals surface area (Å²) in [6, 6.07) is 9.56. The Morgan fingerprint density at radius 3 is 2.68 bits per heavy atom. The third-order valence-electron chi connectivity index (χ3n) is 3.63. The first-order chi connectivity index (χ1) is 10.5. The number of carbonyl (C=O) groups is 1. The molecule has 0 saturated carbocycles. The Labute approximate surface area is 136 Å². The summed E-state index contributed by atoms with van der Waals surface area (Å²) in [5.74, 6) is -0.0301. The Morgan fingerprint density at radius 2 is 2.00 bits per heavy atom. The van der Waals surface area contributed by atoms with E-state index >= 15 is 0 Å². The van der Waals surface area contributed by atoms with Crippen LogP contribution in [0.3, 0.4) is 0 Å². The molecule has 2 N–H and O–H groups in total. The second kappa shape index (κ2) is 7.47. The standard InChI is InChI=1S/C17H22ClN3O/c1-12-10-16(17(22)20-9-5-8-19-3)13(2)21(12)15-7-4-6-14(18)11-15/h4,6-7,10-11,19H,5,8-9H2,1-3H3,(H,20,22). The van der Waals surface area contributed by atoms with Crippen molar-refractivity contribution in [3.05, 3.63) is 52.3 Å². The Kier molecular flexibility index (Phi) is 5.63. The van der Waals surface area contributed by atoms with Crippen LogP contribution in [-0.2, 0) is 0 Å². The average Bonchev–Trinajstić information content (AvgIpc) is 2.78. The van der Waals surface area contributed by atoms with Crippen molar-refractivity contribution in [2.24, 2.45) is 0 Å². The molecule has 0 unspecified atom stereocenters. The molecule has 22 heavy (non-hydrogen) atoms. The van der Waals surface area contributed by atoms with E-state index in [0.29, 0.717) is 17.1 Å². The molecule has 2 aromatic rings. The summed E-state index contributed by atoms with van der Waals surface area (Å²) < 4.78 is 2.05. The molecule has 1 heterocycles. The predicted octanol–water partition coefficient (Wildman–Crippen LogP) is 3.09.